The Morgan fingerprint density at radius 2 is 2.08 bits per heavy atom. The molecule has 66 valence electrons. The molecule has 0 atom stereocenters. The van der Waals surface area contributed by atoms with E-state index in [-0.39, 0.29) is 0 Å². The molecule has 0 aliphatic rings. The highest BCUT2D eigenvalue weighted by atomic mass is 16.5. The van der Waals surface area contributed by atoms with Gasteiger partial charge in [0.25, 0.3) is 0 Å². The number of ether oxygens (including phenoxy) is 1. The van der Waals surface area contributed by atoms with Crippen molar-refractivity contribution in [3.63, 3.8) is 0 Å². The van der Waals surface area contributed by atoms with Gasteiger partial charge in [0, 0.05) is 12.2 Å². The number of hydrogen-bond donors (Lipinski definition) is 2. The third-order valence-electron chi connectivity index (χ3n) is 1.69. The molecule has 0 saturated carbocycles. The molecule has 0 aliphatic carbocycles. The molecule has 1 rings (SSSR count). The van der Waals surface area contributed by atoms with Crippen LogP contribution in [0.2, 0.25) is 0 Å². The Balaban J connectivity index is 2.78. The van der Waals surface area contributed by atoms with Crippen molar-refractivity contribution in [2.24, 2.45) is 0 Å². The summed E-state index contributed by atoms with van der Waals surface area (Å²) < 4.78 is 5.22. The lowest BCUT2D eigenvalue weighted by atomic mass is 10.1. The molecule has 0 aromatic heterocycles. The number of hydrogen-bond acceptors (Lipinski definition) is 3. The summed E-state index contributed by atoms with van der Waals surface area (Å²) in [5.74, 6) is 0. The molecule has 1 aromatic rings. The minimum absolute atomic E-state index is 0.535. The second-order valence-electron chi connectivity index (χ2n) is 2.56. The largest absolute Gasteiger partial charge is 0.397 e. The molecule has 0 amide bonds. The van der Waals surface area contributed by atoms with E-state index in [2.05, 4.69) is 0 Å². The van der Waals surface area contributed by atoms with Crippen LogP contribution >= 0.6 is 0 Å². The normalized spacial score (nSPS) is 10.1. The number of nitrogen functional groups attached to an aromatic ring is 2. The van der Waals surface area contributed by atoms with Gasteiger partial charge in [-0.05, 0) is 13.0 Å². The summed E-state index contributed by atoms with van der Waals surface area (Å²) >= 11 is 0. The molecule has 0 radical (unpaired) electrons. The molecular weight excluding hydrogens is 152 g/mol. The predicted molar refractivity (Wildman–Crippen MR) is 50.6 cm³/mol. The zero-order valence-corrected chi connectivity index (χ0v) is 7.21. The van der Waals surface area contributed by atoms with Crippen molar-refractivity contribution in [3.05, 3.63) is 23.8 Å². The van der Waals surface area contributed by atoms with Crippen molar-refractivity contribution in [3.8, 4) is 0 Å². The van der Waals surface area contributed by atoms with Gasteiger partial charge in [-0.15, -0.1) is 0 Å². The van der Waals surface area contributed by atoms with Crippen LogP contribution in [-0.2, 0) is 11.3 Å². The van der Waals surface area contributed by atoms with E-state index in [0.717, 1.165) is 5.56 Å². The van der Waals surface area contributed by atoms with E-state index in [1.165, 1.54) is 0 Å². The van der Waals surface area contributed by atoms with Gasteiger partial charge in [-0.3, -0.25) is 0 Å². The minimum atomic E-state index is 0.535. The first-order valence-electron chi connectivity index (χ1n) is 3.96. The monoisotopic (exact) mass is 166 g/mol. The lowest BCUT2D eigenvalue weighted by Gasteiger charge is -2.07. The van der Waals surface area contributed by atoms with Crippen molar-refractivity contribution < 1.29 is 4.74 Å². The van der Waals surface area contributed by atoms with Crippen LogP contribution in [0, 0.1) is 0 Å². The molecule has 0 spiro atoms. The van der Waals surface area contributed by atoms with Crippen LogP contribution < -0.4 is 11.5 Å². The van der Waals surface area contributed by atoms with Gasteiger partial charge in [0.1, 0.15) is 0 Å². The van der Waals surface area contributed by atoms with Crippen LogP contribution in [0.3, 0.4) is 0 Å². The fourth-order valence-corrected chi connectivity index (χ4v) is 0.971. The highest BCUT2D eigenvalue weighted by Crippen LogP contribution is 2.19. The number of para-hydroxylation sites is 1. The van der Waals surface area contributed by atoms with Gasteiger partial charge in [-0.25, -0.2) is 0 Å². The summed E-state index contributed by atoms with van der Waals surface area (Å²) in [6.45, 7) is 3.17. The smallest absolute Gasteiger partial charge is 0.0737 e. The third-order valence-corrected chi connectivity index (χ3v) is 1.69. The summed E-state index contributed by atoms with van der Waals surface area (Å²) in [5, 5.41) is 0. The van der Waals surface area contributed by atoms with Gasteiger partial charge in [-0.1, -0.05) is 12.1 Å². The molecule has 0 fully saturated rings. The van der Waals surface area contributed by atoms with E-state index in [0.29, 0.717) is 24.6 Å². The summed E-state index contributed by atoms with van der Waals surface area (Å²) in [6, 6.07) is 5.58. The molecule has 12 heavy (non-hydrogen) atoms. The summed E-state index contributed by atoms with van der Waals surface area (Å²) in [5.41, 5.74) is 13.5. The predicted octanol–water partition coefficient (Wildman–Crippen LogP) is 1.39. The Bertz CT molecular complexity index is 261. The Kier molecular flexibility index (Phi) is 2.94. The fourth-order valence-electron chi connectivity index (χ4n) is 0.971. The van der Waals surface area contributed by atoms with Crippen LogP contribution in [0.5, 0.6) is 0 Å². The van der Waals surface area contributed by atoms with Crippen molar-refractivity contribution in [2.75, 3.05) is 18.1 Å². The van der Waals surface area contributed by atoms with Gasteiger partial charge < -0.3 is 16.2 Å². The third kappa shape index (κ3) is 1.89. The minimum Gasteiger partial charge on any atom is -0.397 e. The van der Waals surface area contributed by atoms with Gasteiger partial charge >= 0.3 is 0 Å². The Morgan fingerprint density at radius 1 is 1.33 bits per heavy atom. The lowest BCUT2D eigenvalue weighted by Crippen LogP contribution is -2.01. The molecule has 4 N–H and O–H groups in total. The van der Waals surface area contributed by atoms with E-state index in [4.69, 9.17) is 16.2 Å². The zero-order chi connectivity index (χ0) is 8.97. The Labute approximate surface area is 72.3 Å². The molecule has 1 aromatic carbocycles. The van der Waals surface area contributed by atoms with Crippen molar-refractivity contribution in [1.29, 1.82) is 0 Å². The second kappa shape index (κ2) is 3.97. The fraction of sp³-hybridized carbons (Fsp3) is 0.333. The quantitative estimate of drug-likeness (QED) is 0.667. The number of anilines is 2. The van der Waals surface area contributed by atoms with E-state index in [9.17, 15) is 0 Å². The number of rotatable bonds is 3. The van der Waals surface area contributed by atoms with E-state index in [1.807, 2.05) is 19.1 Å². The highest BCUT2D eigenvalue weighted by Gasteiger charge is 2.00. The first kappa shape index (κ1) is 8.87. The molecule has 0 saturated heterocycles. The summed E-state index contributed by atoms with van der Waals surface area (Å²) in [7, 11) is 0. The second-order valence-corrected chi connectivity index (χ2v) is 2.56. The molecular formula is C9H14N2O. The Hall–Kier alpha value is -1.22. The maximum atomic E-state index is 5.72. The molecule has 3 heteroatoms. The van der Waals surface area contributed by atoms with E-state index in [1.54, 1.807) is 6.07 Å². The van der Waals surface area contributed by atoms with Crippen LogP contribution in [-0.4, -0.2) is 6.61 Å². The maximum Gasteiger partial charge on any atom is 0.0737 e. The van der Waals surface area contributed by atoms with Crippen LogP contribution in [0.15, 0.2) is 18.2 Å². The first-order chi connectivity index (χ1) is 5.75. The van der Waals surface area contributed by atoms with E-state index >= 15 is 0 Å². The topological polar surface area (TPSA) is 61.3 Å². The summed E-state index contributed by atoms with van der Waals surface area (Å²) in [4.78, 5) is 0. The molecule has 3 nitrogen and oxygen atoms in total. The SMILES string of the molecule is CCOCc1cccc(N)c1N. The Morgan fingerprint density at radius 3 is 2.75 bits per heavy atom. The number of nitrogens with two attached hydrogens (primary N) is 2. The van der Waals surface area contributed by atoms with Gasteiger partial charge in [0.15, 0.2) is 0 Å². The average Bonchev–Trinajstić information content (AvgIpc) is 2.08. The maximum absolute atomic E-state index is 5.72. The first-order valence-corrected chi connectivity index (χ1v) is 3.96. The highest BCUT2D eigenvalue weighted by molar-refractivity contribution is 5.66. The van der Waals surface area contributed by atoms with E-state index < -0.39 is 0 Å². The van der Waals surface area contributed by atoms with Crippen molar-refractivity contribution in [2.45, 2.75) is 13.5 Å². The lowest BCUT2D eigenvalue weighted by molar-refractivity contribution is 0.134. The van der Waals surface area contributed by atoms with Crippen molar-refractivity contribution >= 4 is 11.4 Å². The average molecular weight is 166 g/mol. The zero-order valence-electron chi connectivity index (χ0n) is 7.21. The number of benzene rings is 1. The standard InChI is InChI=1S/C9H14N2O/c1-2-12-6-7-4-3-5-8(10)9(7)11/h3-5H,2,6,10-11H2,1H3. The van der Waals surface area contributed by atoms with Crippen molar-refractivity contribution in [1.82, 2.24) is 0 Å². The van der Waals surface area contributed by atoms with Gasteiger partial charge in [-0.2, -0.15) is 0 Å². The van der Waals surface area contributed by atoms with Gasteiger partial charge in [0.2, 0.25) is 0 Å². The van der Waals surface area contributed by atoms with Gasteiger partial charge in [0.05, 0.1) is 18.0 Å². The summed E-state index contributed by atoms with van der Waals surface area (Å²) in [6.07, 6.45) is 0. The molecule has 0 bridgehead atoms. The van der Waals surface area contributed by atoms with Crippen LogP contribution in [0.1, 0.15) is 12.5 Å². The van der Waals surface area contributed by atoms with Crippen LogP contribution in [0.25, 0.3) is 0 Å². The molecule has 0 heterocycles. The molecule has 0 aliphatic heterocycles. The van der Waals surface area contributed by atoms with Crippen LogP contribution in [0.4, 0.5) is 11.4 Å². The molecule has 0 unspecified atom stereocenters.